The van der Waals surface area contributed by atoms with Crippen LogP contribution in [0.4, 0.5) is 0 Å². The van der Waals surface area contributed by atoms with Crippen molar-refractivity contribution >= 4 is 40.7 Å². The smallest absolute Gasteiger partial charge is 0.339 e. The summed E-state index contributed by atoms with van der Waals surface area (Å²) in [5.41, 5.74) is 1.45. The molecule has 2 rings (SSSR count). The first kappa shape index (κ1) is 24.6. The zero-order valence-electron chi connectivity index (χ0n) is 17.5. The number of carboxylic acid groups (broad SMARTS) is 2. The van der Waals surface area contributed by atoms with E-state index in [0.29, 0.717) is 23.1 Å². The molecule has 0 bridgehead atoms. The first-order valence-electron chi connectivity index (χ1n) is 9.67. The van der Waals surface area contributed by atoms with E-state index in [1.807, 2.05) is 6.08 Å². The van der Waals surface area contributed by atoms with E-state index in [0.717, 1.165) is 19.3 Å². The van der Waals surface area contributed by atoms with Crippen molar-refractivity contribution < 1.29 is 29.3 Å². The average Bonchev–Trinajstić information content (AvgIpc) is 2.72. The van der Waals surface area contributed by atoms with Crippen LogP contribution in [-0.2, 0) is 0 Å². The molecule has 0 aliphatic rings. The van der Waals surface area contributed by atoms with Crippen molar-refractivity contribution in [3.63, 3.8) is 0 Å². The van der Waals surface area contributed by atoms with E-state index >= 15 is 0 Å². The van der Waals surface area contributed by atoms with E-state index in [1.54, 1.807) is 12.1 Å². The summed E-state index contributed by atoms with van der Waals surface area (Å²) < 4.78 is 10.3. The van der Waals surface area contributed by atoms with Crippen LogP contribution in [-0.4, -0.2) is 36.4 Å². The summed E-state index contributed by atoms with van der Waals surface area (Å²) in [4.78, 5) is 23.5. The SMILES string of the molecule is CCCCCC=C(c1cc(Cl)c(OC)c(C(=O)O)c1)c1cc(Cl)c(OC)c(C(=O)O)c1. The Bertz CT molecular complexity index is 940. The molecule has 0 spiro atoms. The van der Waals surface area contributed by atoms with E-state index in [9.17, 15) is 19.8 Å². The molecule has 2 aromatic carbocycles. The van der Waals surface area contributed by atoms with Crippen molar-refractivity contribution in [1.82, 2.24) is 0 Å². The summed E-state index contributed by atoms with van der Waals surface area (Å²) in [7, 11) is 2.69. The summed E-state index contributed by atoms with van der Waals surface area (Å²) in [5, 5.41) is 19.5. The van der Waals surface area contributed by atoms with Crippen LogP contribution >= 0.6 is 23.2 Å². The lowest BCUT2D eigenvalue weighted by Gasteiger charge is -2.16. The number of halogens is 2. The van der Waals surface area contributed by atoms with E-state index in [1.165, 1.54) is 26.4 Å². The van der Waals surface area contributed by atoms with Crippen molar-refractivity contribution in [2.45, 2.75) is 32.6 Å². The average molecular weight is 467 g/mol. The first-order valence-corrected chi connectivity index (χ1v) is 10.4. The third-order valence-electron chi connectivity index (χ3n) is 4.73. The normalized spacial score (nSPS) is 10.5. The van der Waals surface area contributed by atoms with Crippen LogP contribution in [0.15, 0.2) is 30.3 Å². The Balaban J connectivity index is 2.74. The Morgan fingerprint density at radius 2 is 1.32 bits per heavy atom. The third-order valence-corrected chi connectivity index (χ3v) is 5.30. The Morgan fingerprint density at radius 1 is 0.871 bits per heavy atom. The van der Waals surface area contributed by atoms with E-state index in [-0.39, 0.29) is 32.7 Å². The standard InChI is InChI=1S/C23H24Cl2O6/c1-4-5-6-7-8-15(13-9-16(22(26)27)20(30-2)18(24)11-13)14-10-17(23(28)29)21(31-3)19(25)12-14/h8-12H,4-7H2,1-3H3,(H,26,27)(H,28,29). The maximum Gasteiger partial charge on any atom is 0.339 e. The molecule has 0 aromatic heterocycles. The third kappa shape index (κ3) is 5.71. The van der Waals surface area contributed by atoms with Crippen molar-refractivity contribution in [1.29, 1.82) is 0 Å². The van der Waals surface area contributed by atoms with Gasteiger partial charge in [0.25, 0.3) is 0 Å². The number of hydrogen-bond donors (Lipinski definition) is 2. The fourth-order valence-corrected chi connectivity index (χ4v) is 3.87. The van der Waals surface area contributed by atoms with Gasteiger partial charge in [0.15, 0.2) is 11.5 Å². The minimum absolute atomic E-state index is 0.0576. The second-order valence-corrected chi connectivity index (χ2v) is 7.62. The van der Waals surface area contributed by atoms with Gasteiger partial charge in [-0.25, -0.2) is 9.59 Å². The van der Waals surface area contributed by atoms with Gasteiger partial charge in [-0.05, 0) is 53.8 Å². The molecule has 0 atom stereocenters. The quantitative estimate of drug-likeness (QED) is 0.392. The summed E-state index contributed by atoms with van der Waals surface area (Å²) in [5.74, 6) is -2.26. The summed E-state index contributed by atoms with van der Waals surface area (Å²) in [6, 6.07) is 6.10. The molecule has 0 saturated carbocycles. The zero-order chi connectivity index (χ0) is 23.1. The summed E-state index contributed by atoms with van der Waals surface area (Å²) in [6.45, 7) is 2.09. The molecule has 6 nitrogen and oxygen atoms in total. The second kappa shape index (κ2) is 11.1. The number of allylic oxidation sites excluding steroid dienone is 1. The van der Waals surface area contributed by atoms with E-state index < -0.39 is 11.9 Å². The lowest BCUT2D eigenvalue weighted by Crippen LogP contribution is -2.05. The molecule has 0 amide bonds. The molecule has 31 heavy (non-hydrogen) atoms. The molecule has 166 valence electrons. The van der Waals surface area contributed by atoms with E-state index in [4.69, 9.17) is 32.7 Å². The second-order valence-electron chi connectivity index (χ2n) is 6.80. The first-order chi connectivity index (χ1) is 14.7. The highest BCUT2D eigenvalue weighted by atomic mass is 35.5. The van der Waals surface area contributed by atoms with Crippen LogP contribution in [0.3, 0.4) is 0 Å². The number of hydrogen-bond acceptors (Lipinski definition) is 4. The van der Waals surface area contributed by atoms with Gasteiger partial charge in [-0.2, -0.15) is 0 Å². The molecule has 0 fully saturated rings. The number of carboxylic acids is 2. The molecule has 2 aromatic rings. The van der Waals surface area contributed by atoms with Crippen LogP contribution in [0.2, 0.25) is 10.0 Å². The maximum atomic E-state index is 11.8. The lowest BCUT2D eigenvalue weighted by atomic mass is 9.93. The van der Waals surface area contributed by atoms with Gasteiger partial charge in [0.1, 0.15) is 11.1 Å². The highest BCUT2D eigenvalue weighted by Gasteiger charge is 2.21. The fraction of sp³-hybridized carbons (Fsp3) is 0.304. The maximum absolute atomic E-state index is 11.8. The van der Waals surface area contributed by atoms with Gasteiger partial charge in [-0.15, -0.1) is 0 Å². The predicted molar refractivity (Wildman–Crippen MR) is 121 cm³/mol. The van der Waals surface area contributed by atoms with Gasteiger partial charge < -0.3 is 19.7 Å². The zero-order valence-corrected chi connectivity index (χ0v) is 19.0. The predicted octanol–water partition coefficient (Wildman–Crippen LogP) is 6.42. The molecule has 8 heteroatoms. The summed E-state index contributed by atoms with van der Waals surface area (Å²) in [6.07, 6.45) is 5.63. The van der Waals surface area contributed by atoms with Gasteiger partial charge in [0.05, 0.1) is 24.3 Å². The largest absolute Gasteiger partial charge is 0.494 e. The number of unbranched alkanes of at least 4 members (excludes halogenated alkanes) is 3. The monoisotopic (exact) mass is 466 g/mol. The molecule has 0 heterocycles. The van der Waals surface area contributed by atoms with Crippen LogP contribution < -0.4 is 9.47 Å². The fourth-order valence-electron chi connectivity index (χ4n) is 3.27. The van der Waals surface area contributed by atoms with Crippen LogP contribution in [0.1, 0.15) is 64.4 Å². The highest BCUT2D eigenvalue weighted by Crippen LogP contribution is 2.38. The lowest BCUT2D eigenvalue weighted by molar-refractivity contribution is 0.0682. The van der Waals surface area contributed by atoms with Gasteiger partial charge in [0.2, 0.25) is 0 Å². The molecule has 2 N–H and O–H groups in total. The number of ether oxygens (including phenoxy) is 2. The number of aromatic carboxylic acids is 2. The van der Waals surface area contributed by atoms with Gasteiger partial charge >= 0.3 is 11.9 Å². The number of rotatable bonds is 10. The van der Waals surface area contributed by atoms with Crippen LogP contribution in [0.25, 0.3) is 5.57 Å². The number of methoxy groups -OCH3 is 2. The Hall–Kier alpha value is -2.70. The molecule has 0 radical (unpaired) electrons. The van der Waals surface area contributed by atoms with Crippen molar-refractivity contribution in [2.24, 2.45) is 0 Å². The molecule has 0 saturated heterocycles. The van der Waals surface area contributed by atoms with Gasteiger partial charge in [-0.3, -0.25) is 0 Å². The van der Waals surface area contributed by atoms with Crippen LogP contribution in [0.5, 0.6) is 11.5 Å². The Kier molecular flexibility index (Phi) is 8.77. The molecule has 0 aliphatic heterocycles. The van der Waals surface area contributed by atoms with Crippen molar-refractivity contribution in [3.8, 4) is 11.5 Å². The molecular weight excluding hydrogens is 443 g/mol. The number of carbonyl (C=O) groups is 2. The van der Waals surface area contributed by atoms with Crippen LogP contribution in [0, 0.1) is 0 Å². The minimum atomic E-state index is -1.19. The van der Waals surface area contributed by atoms with Gasteiger partial charge in [-0.1, -0.05) is 49.0 Å². The molecule has 0 unspecified atom stereocenters. The van der Waals surface area contributed by atoms with Crippen molar-refractivity contribution in [3.05, 3.63) is 62.6 Å². The Morgan fingerprint density at radius 3 is 1.68 bits per heavy atom. The Labute approximate surface area is 191 Å². The van der Waals surface area contributed by atoms with E-state index in [2.05, 4.69) is 6.92 Å². The van der Waals surface area contributed by atoms with Crippen molar-refractivity contribution in [2.75, 3.05) is 14.2 Å². The molecule has 0 aliphatic carbocycles. The topological polar surface area (TPSA) is 93.1 Å². The van der Waals surface area contributed by atoms with Gasteiger partial charge in [0, 0.05) is 0 Å². The number of benzene rings is 2. The molecular formula is C23H24Cl2O6. The minimum Gasteiger partial charge on any atom is -0.494 e. The highest BCUT2D eigenvalue weighted by molar-refractivity contribution is 6.33. The summed E-state index contributed by atoms with van der Waals surface area (Å²) >= 11 is 12.6.